The molecule has 7 heteroatoms. The fourth-order valence-corrected chi connectivity index (χ4v) is 4.74. The SMILES string of the molecule is C1CCCC1.C1CCCC1.C1CCCC1.O=S(=O)([O-])C1CCCC1.[Fe].[Fe].[NH4+]. The van der Waals surface area contributed by atoms with Gasteiger partial charge >= 0.3 is 0 Å². The van der Waals surface area contributed by atoms with Gasteiger partial charge in [0.05, 0.1) is 10.1 Å². The van der Waals surface area contributed by atoms with E-state index >= 15 is 0 Å². The largest absolute Gasteiger partial charge is 0.748 e. The Morgan fingerprint density at radius 3 is 0.778 bits per heavy atom. The van der Waals surface area contributed by atoms with Crippen molar-refractivity contribution in [1.82, 2.24) is 6.15 Å². The van der Waals surface area contributed by atoms with Crippen molar-refractivity contribution in [2.24, 2.45) is 0 Å². The summed E-state index contributed by atoms with van der Waals surface area (Å²) in [5.74, 6) is 0. The molecule has 0 unspecified atom stereocenters. The van der Waals surface area contributed by atoms with Gasteiger partial charge in [0.25, 0.3) is 0 Å². The molecule has 0 aromatic carbocycles. The summed E-state index contributed by atoms with van der Waals surface area (Å²) >= 11 is 0. The third-order valence-electron chi connectivity index (χ3n) is 5.46. The zero-order chi connectivity index (χ0) is 17.5. The third-order valence-corrected chi connectivity index (χ3v) is 6.75. The number of rotatable bonds is 1. The van der Waals surface area contributed by atoms with Gasteiger partial charge in [0, 0.05) is 39.4 Å². The van der Waals surface area contributed by atoms with Crippen molar-refractivity contribution >= 4 is 10.1 Å². The second-order valence-electron chi connectivity index (χ2n) is 7.70. The van der Waals surface area contributed by atoms with Crippen LogP contribution in [0.4, 0.5) is 0 Å². The van der Waals surface area contributed by atoms with Gasteiger partial charge in [-0.3, -0.25) is 0 Å². The van der Waals surface area contributed by atoms with Crippen molar-refractivity contribution in [3.8, 4) is 0 Å². The Morgan fingerprint density at radius 2 is 0.667 bits per heavy atom. The maximum atomic E-state index is 10.3. The van der Waals surface area contributed by atoms with Crippen molar-refractivity contribution in [3.63, 3.8) is 0 Å². The molecule has 0 aliphatic heterocycles. The maximum absolute atomic E-state index is 10.3. The molecular weight excluding hydrogens is 446 g/mol. The minimum Gasteiger partial charge on any atom is -0.748 e. The molecule has 4 N–H and O–H groups in total. The summed E-state index contributed by atoms with van der Waals surface area (Å²) in [4.78, 5) is 0. The molecule has 4 nitrogen and oxygen atoms in total. The van der Waals surface area contributed by atoms with Crippen LogP contribution >= 0.6 is 0 Å². The summed E-state index contributed by atoms with van der Waals surface area (Å²) in [5.41, 5.74) is 0. The fourth-order valence-electron chi connectivity index (χ4n) is 3.83. The molecule has 4 rings (SSSR count). The Labute approximate surface area is 190 Å². The van der Waals surface area contributed by atoms with Crippen molar-refractivity contribution in [3.05, 3.63) is 0 Å². The monoisotopic (exact) mass is 489 g/mol. The Bertz CT molecular complexity index is 330. The van der Waals surface area contributed by atoms with Crippen LogP contribution in [-0.4, -0.2) is 18.2 Å². The minimum atomic E-state index is -3.95. The first-order valence-electron chi connectivity index (χ1n) is 10.6. The van der Waals surface area contributed by atoms with E-state index in [9.17, 15) is 13.0 Å². The Kier molecular flexibility index (Phi) is 26.1. The molecule has 0 heterocycles. The van der Waals surface area contributed by atoms with Gasteiger partial charge < -0.3 is 10.7 Å². The van der Waals surface area contributed by atoms with Crippen molar-refractivity contribution < 1.29 is 47.1 Å². The average molecular weight is 489 g/mol. The fraction of sp³-hybridized carbons (Fsp3) is 1.00. The summed E-state index contributed by atoms with van der Waals surface area (Å²) in [6, 6.07) is 0. The molecule has 0 bridgehead atoms. The molecule has 4 saturated carbocycles. The van der Waals surface area contributed by atoms with E-state index in [0.717, 1.165) is 12.8 Å². The molecule has 0 saturated heterocycles. The van der Waals surface area contributed by atoms with Gasteiger partial charge in [0.1, 0.15) is 0 Å². The van der Waals surface area contributed by atoms with Crippen LogP contribution in [0.15, 0.2) is 0 Å². The number of hydrogen-bond donors (Lipinski definition) is 1. The second-order valence-corrected chi connectivity index (χ2v) is 9.35. The second kappa shape index (κ2) is 21.6. The topological polar surface area (TPSA) is 93.7 Å². The van der Waals surface area contributed by atoms with Crippen LogP contribution in [0.2, 0.25) is 0 Å². The van der Waals surface area contributed by atoms with E-state index in [4.69, 9.17) is 0 Å². The predicted molar refractivity (Wildman–Crippen MR) is 107 cm³/mol. The molecule has 0 spiro atoms. The third kappa shape index (κ3) is 20.0. The van der Waals surface area contributed by atoms with Crippen LogP contribution < -0.4 is 6.15 Å². The molecule has 4 aliphatic rings. The maximum Gasteiger partial charge on any atom is 0.0975 e. The van der Waals surface area contributed by atoms with Crippen LogP contribution in [-0.2, 0) is 44.3 Å². The minimum absolute atomic E-state index is 0. The molecular formula is C20H43Fe2NO3S. The van der Waals surface area contributed by atoms with Crippen molar-refractivity contribution in [2.75, 3.05) is 0 Å². The van der Waals surface area contributed by atoms with E-state index in [1.807, 2.05) is 0 Å². The van der Waals surface area contributed by atoms with E-state index < -0.39 is 15.4 Å². The summed E-state index contributed by atoms with van der Waals surface area (Å²) in [7, 11) is -3.95. The molecule has 168 valence electrons. The Hall–Kier alpha value is 0.909. The first-order chi connectivity index (χ1) is 11.6. The number of hydrogen-bond acceptors (Lipinski definition) is 3. The summed E-state index contributed by atoms with van der Waals surface area (Å²) in [6.45, 7) is 0. The van der Waals surface area contributed by atoms with Gasteiger partial charge in [-0.15, -0.1) is 0 Å². The zero-order valence-electron chi connectivity index (χ0n) is 17.4. The normalized spacial score (nSPS) is 20.9. The summed E-state index contributed by atoms with van der Waals surface area (Å²) < 4.78 is 30.8. The predicted octanol–water partition coefficient (Wildman–Crippen LogP) is 6.70. The van der Waals surface area contributed by atoms with Crippen LogP contribution in [0.1, 0.15) is 122 Å². The quantitative estimate of drug-likeness (QED) is 0.328. The van der Waals surface area contributed by atoms with Gasteiger partial charge in [-0.2, -0.15) is 0 Å². The molecule has 0 radical (unpaired) electrons. The van der Waals surface area contributed by atoms with E-state index in [0.29, 0.717) is 12.8 Å². The van der Waals surface area contributed by atoms with Crippen LogP contribution in [0.25, 0.3) is 0 Å². The Balaban J connectivity index is -0.000000284. The molecule has 27 heavy (non-hydrogen) atoms. The van der Waals surface area contributed by atoms with Gasteiger partial charge in [-0.25, -0.2) is 8.42 Å². The standard InChI is InChI=1S/C5H10O3S.3C5H10.2Fe.H3N/c6-9(7,8)5-3-1-2-4-5;3*1-2-4-5-3-1;;;/h5H,1-4H2,(H,6,7,8);3*1-5H2;;;1H3. The summed E-state index contributed by atoms with van der Waals surface area (Å²) in [5, 5.41) is -0.572. The molecule has 0 aromatic rings. The van der Waals surface area contributed by atoms with Gasteiger partial charge in [-0.1, -0.05) is 109 Å². The van der Waals surface area contributed by atoms with E-state index in [1.54, 1.807) is 0 Å². The molecule has 4 aliphatic carbocycles. The zero-order valence-corrected chi connectivity index (χ0v) is 20.4. The summed E-state index contributed by atoms with van der Waals surface area (Å²) in [6.07, 6.45) is 25.4. The Morgan fingerprint density at radius 1 is 0.481 bits per heavy atom. The molecule has 4 fully saturated rings. The van der Waals surface area contributed by atoms with Crippen molar-refractivity contribution in [1.29, 1.82) is 0 Å². The first-order valence-corrected chi connectivity index (χ1v) is 12.0. The van der Waals surface area contributed by atoms with E-state index in [-0.39, 0.29) is 40.3 Å². The van der Waals surface area contributed by atoms with Gasteiger partial charge in [0.15, 0.2) is 0 Å². The molecule has 0 atom stereocenters. The van der Waals surface area contributed by atoms with Crippen LogP contribution in [0, 0.1) is 0 Å². The smallest absolute Gasteiger partial charge is 0.0975 e. The molecule has 0 aromatic heterocycles. The first kappa shape index (κ1) is 32.6. The van der Waals surface area contributed by atoms with Gasteiger partial charge in [0.2, 0.25) is 0 Å². The molecule has 0 amide bonds. The van der Waals surface area contributed by atoms with Gasteiger partial charge in [-0.05, 0) is 12.8 Å². The van der Waals surface area contributed by atoms with Crippen LogP contribution in [0.5, 0.6) is 0 Å². The average Bonchev–Trinajstić information content (AvgIpc) is 3.45. The van der Waals surface area contributed by atoms with E-state index in [1.165, 1.54) is 96.3 Å². The van der Waals surface area contributed by atoms with Crippen LogP contribution in [0.3, 0.4) is 0 Å². The number of quaternary nitrogens is 1. The van der Waals surface area contributed by atoms with Crippen molar-refractivity contribution in [2.45, 2.75) is 127 Å². The van der Waals surface area contributed by atoms with E-state index in [2.05, 4.69) is 0 Å².